The number of esters is 2. The molecule has 1 amide bonds. The second kappa shape index (κ2) is 7.40. The van der Waals surface area contributed by atoms with E-state index in [2.05, 4.69) is 19.9 Å². The van der Waals surface area contributed by atoms with Crippen LogP contribution in [-0.4, -0.2) is 37.8 Å². The van der Waals surface area contributed by atoms with E-state index in [1.165, 1.54) is 19.2 Å². The van der Waals surface area contributed by atoms with Gasteiger partial charge in [-0.3, -0.25) is 4.79 Å². The van der Waals surface area contributed by atoms with Crippen molar-refractivity contribution in [2.45, 2.75) is 13.3 Å². The molecule has 126 valence electrons. The lowest BCUT2D eigenvalue weighted by Gasteiger charge is -2.14. The van der Waals surface area contributed by atoms with Crippen LogP contribution in [0.25, 0.3) is 0 Å². The van der Waals surface area contributed by atoms with Crippen LogP contribution >= 0.6 is 0 Å². The number of benzene rings is 1. The van der Waals surface area contributed by atoms with Crippen molar-refractivity contribution >= 4 is 34.9 Å². The molecule has 1 aliphatic heterocycles. The van der Waals surface area contributed by atoms with Crippen molar-refractivity contribution in [1.29, 1.82) is 0 Å². The highest BCUT2D eigenvalue weighted by Gasteiger charge is 2.23. The van der Waals surface area contributed by atoms with E-state index in [0.717, 1.165) is 11.8 Å². The molecule has 0 spiro atoms. The standard InChI is InChI=1S/C16H17N3O5/c1-10-7-14(20)19(18-10)12-6-4-5-11(8-12)17-13(16(22)24-3)9-15(21)23-2/h4-6,8-9,17H,7H2,1-3H3/b13-9+. The van der Waals surface area contributed by atoms with Gasteiger partial charge in [0.05, 0.1) is 32.4 Å². The van der Waals surface area contributed by atoms with Crippen molar-refractivity contribution in [3.63, 3.8) is 0 Å². The molecule has 0 saturated heterocycles. The Hall–Kier alpha value is -3.16. The average Bonchev–Trinajstić information content (AvgIpc) is 2.92. The van der Waals surface area contributed by atoms with Gasteiger partial charge in [-0.05, 0) is 25.1 Å². The maximum absolute atomic E-state index is 11.9. The number of nitrogens with one attached hydrogen (secondary N) is 1. The summed E-state index contributed by atoms with van der Waals surface area (Å²) in [4.78, 5) is 35.0. The molecule has 0 aliphatic carbocycles. The summed E-state index contributed by atoms with van der Waals surface area (Å²) >= 11 is 0. The molecule has 0 unspecified atom stereocenters. The zero-order valence-electron chi connectivity index (χ0n) is 13.5. The summed E-state index contributed by atoms with van der Waals surface area (Å²) in [7, 11) is 2.40. The Bertz CT molecular complexity index is 739. The maximum atomic E-state index is 11.9. The molecule has 0 bridgehead atoms. The molecular weight excluding hydrogens is 314 g/mol. The zero-order valence-corrected chi connectivity index (χ0v) is 13.5. The van der Waals surface area contributed by atoms with Gasteiger partial charge in [0.2, 0.25) is 0 Å². The molecule has 0 saturated carbocycles. The van der Waals surface area contributed by atoms with Crippen LogP contribution in [0.5, 0.6) is 0 Å². The van der Waals surface area contributed by atoms with Gasteiger partial charge in [0.25, 0.3) is 5.91 Å². The summed E-state index contributed by atoms with van der Waals surface area (Å²) in [5, 5.41) is 8.24. The number of nitrogens with zero attached hydrogens (tertiary/aromatic N) is 2. The summed E-state index contributed by atoms with van der Waals surface area (Å²) < 4.78 is 9.14. The molecule has 8 heteroatoms. The zero-order chi connectivity index (χ0) is 17.7. The van der Waals surface area contributed by atoms with Crippen molar-refractivity contribution in [2.75, 3.05) is 24.5 Å². The molecule has 1 aliphatic rings. The van der Waals surface area contributed by atoms with Crippen LogP contribution in [0.3, 0.4) is 0 Å². The summed E-state index contributed by atoms with van der Waals surface area (Å²) in [6.45, 7) is 1.77. The maximum Gasteiger partial charge on any atom is 0.354 e. The van der Waals surface area contributed by atoms with Crippen molar-refractivity contribution in [3.05, 3.63) is 36.0 Å². The predicted octanol–water partition coefficient (Wildman–Crippen LogP) is 1.44. The van der Waals surface area contributed by atoms with E-state index >= 15 is 0 Å². The van der Waals surface area contributed by atoms with Crippen LogP contribution in [0.1, 0.15) is 13.3 Å². The average molecular weight is 331 g/mol. The Morgan fingerprint density at radius 3 is 2.62 bits per heavy atom. The van der Waals surface area contributed by atoms with Crippen molar-refractivity contribution in [2.24, 2.45) is 5.10 Å². The first kappa shape index (κ1) is 17.2. The summed E-state index contributed by atoms with van der Waals surface area (Å²) in [6.07, 6.45) is 1.26. The molecule has 0 atom stereocenters. The fourth-order valence-electron chi connectivity index (χ4n) is 2.06. The molecule has 1 aromatic rings. The van der Waals surface area contributed by atoms with Crippen molar-refractivity contribution in [1.82, 2.24) is 0 Å². The first-order valence-electron chi connectivity index (χ1n) is 7.06. The predicted molar refractivity (Wildman–Crippen MR) is 87.4 cm³/mol. The molecule has 2 rings (SSSR count). The number of hydrazone groups is 1. The lowest BCUT2D eigenvalue weighted by molar-refractivity contribution is -0.138. The van der Waals surface area contributed by atoms with Crippen LogP contribution < -0.4 is 10.3 Å². The Labute approximate surface area is 138 Å². The molecule has 24 heavy (non-hydrogen) atoms. The first-order valence-corrected chi connectivity index (χ1v) is 7.06. The number of carbonyl (C=O) groups excluding carboxylic acids is 3. The Balaban J connectivity index is 2.27. The van der Waals surface area contributed by atoms with Gasteiger partial charge in [-0.25, -0.2) is 14.6 Å². The Morgan fingerprint density at radius 1 is 1.29 bits per heavy atom. The number of hydrogen-bond donors (Lipinski definition) is 1. The fourth-order valence-corrected chi connectivity index (χ4v) is 2.06. The van der Waals surface area contributed by atoms with Crippen molar-refractivity contribution < 1.29 is 23.9 Å². The molecule has 1 aromatic carbocycles. The number of ether oxygens (including phenoxy) is 2. The molecular formula is C16H17N3O5. The fraction of sp³-hybridized carbons (Fsp3) is 0.250. The minimum atomic E-state index is -0.725. The normalized spacial score (nSPS) is 14.3. The van der Waals surface area contributed by atoms with Crippen LogP contribution in [0.4, 0.5) is 11.4 Å². The smallest absolute Gasteiger partial charge is 0.354 e. The monoisotopic (exact) mass is 331 g/mol. The van der Waals surface area contributed by atoms with Gasteiger partial charge in [-0.1, -0.05) is 6.07 Å². The van der Waals surface area contributed by atoms with Crippen LogP contribution in [0, 0.1) is 0 Å². The Morgan fingerprint density at radius 2 is 2.04 bits per heavy atom. The van der Waals surface area contributed by atoms with Gasteiger partial charge in [0.1, 0.15) is 5.70 Å². The minimum absolute atomic E-state index is 0.0890. The number of rotatable bonds is 5. The number of carbonyl (C=O) groups is 3. The molecule has 0 radical (unpaired) electrons. The number of methoxy groups -OCH3 is 2. The third kappa shape index (κ3) is 3.97. The van der Waals surface area contributed by atoms with E-state index in [1.807, 2.05) is 0 Å². The highest BCUT2D eigenvalue weighted by molar-refractivity contribution is 6.12. The SMILES string of the molecule is COC(=O)/C=C(/Nc1cccc(N2N=C(C)CC2=O)c1)C(=O)OC. The minimum Gasteiger partial charge on any atom is -0.466 e. The molecule has 0 aromatic heterocycles. The van der Waals surface area contributed by atoms with E-state index < -0.39 is 11.9 Å². The van der Waals surface area contributed by atoms with Gasteiger partial charge < -0.3 is 14.8 Å². The molecule has 0 fully saturated rings. The third-order valence-corrected chi connectivity index (χ3v) is 3.15. The second-order valence-electron chi connectivity index (χ2n) is 4.97. The summed E-state index contributed by atoms with van der Waals surface area (Å²) in [6, 6.07) is 6.72. The lowest BCUT2D eigenvalue weighted by atomic mass is 10.2. The van der Waals surface area contributed by atoms with E-state index in [9.17, 15) is 14.4 Å². The molecule has 1 heterocycles. The molecule has 8 nitrogen and oxygen atoms in total. The number of anilines is 2. The van der Waals surface area contributed by atoms with Crippen LogP contribution in [0.2, 0.25) is 0 Å². The third-order valence-electron chi connectivity index (χ3n) is 3.15. The van der Waals surface area contributed by atoms with Crippen LogP contribution in [-0.2, 0) is 23.9 Å². The van der Waals surface area contributed by atoms with Gasteiger partial charge in [0, 0.05) is 11.4 Å². The van der Waals surface area contributed by atoms with E-state index in [0.29, 0.717) is 11.4 Å². The van der Waals surface area contributed by atoms with Gasteiger partial charge in [-0.15, -0.1) is 0 Å². The van der Waals surface area contributed by atoms with E-state index in [4.69, 9.17) is 0 Å². The van der Waals surface area contributed by atoms with Gasteiger partial charge in [0.15, 0.2) is 0 Å². The lowest BCUT2D eigenvalue weighted by Crippen LogP contribution is -2.20. The topological polar surface area (TPSA) is 97.3 Å². The Kier molecular flexibility index (Phi) is 5.31. The highest BCUT2D eigenvalue weighted by Crippen LogP contribution is 2.24. The second-order valence-corrected chi connectivity index (χ2v) is 4.97. The van der Waals surface area contributed by atoms with Gasteiger partial charge >= 0.3 is 11.9 Å². The largest absolute Gasteiger partial charge is 0.466 e. The first-order chi connectivity index (χ1) is 11.4. The van der Waals surface area contributed by atoms with E-state index in [1.54, 1.807) is 31.2 Å². The molecule has 1 N–H and O–H groups in total. The quantitative estimate of drug-likeness (QED) is 0.648. The van der Waals surface area contributed by atoms with Crippen molar-refractivity contribution in [3.8, 4) is 0 Å². The van der Waals surface area contributed by atoms with Gasteiger partial charge in [-0.2, -0.15) is 5.10 Å². The number of hydrogen-bond acceptors (Lipinski definition) is 7. The van der Waals surface area contributed by atoms with E-state index in [-0.39, 0.29) is 18.0 Å². The summed E-state index contributed by atoms with van der Waals surface area (Å²) in [5.41, 5.74) is 1.66. The highest BCUT2D eigenvalue weighted by atomic mass is 16.5. The van der Waals surface area contributed by atoms with Crippen LogP contribution in [0.15, 0.2) is 41.1 Å². The summed E-state index contributed by atoms with van der Waals surface area (Å²) in [5.74, 6) is -1.56. The number of amides is 1.